The molecule has 0 saturated carbocycles. The molecule has 0 aliphatic rings. The molecule has 0 N–H and O–H groups in total. The summed E-state index contributed by atoms with van der Waals surface area (Å²) in [4.78, 5) is 0. The van der Waals surface area contributed by atoms with Crippen LogP contribution in [0.5, 0.6) is 0 Å². The molecule has 0 atom stereocenters. The lowest BCUT2D eigenvalue weighted by atomic mass is 8.23. The lowest BCUT2D eigenvalue weighted by Crippen LogP contribution is -2.96. The lowest BCUT2D eigenvalue weighted by molar-refractivity contribution is 3.18. The Hall–Kier alpha value is 5.39. The van der Waals surface area contributed by atoms with Gasteiger partial charge in [0.2, 0.25) is 0 Å². The molecule has 0 aromatic heterocycles. The molecule has 83 heavy (non-hydrogen) atoms. The first-order chi connectivity index (χ1) is 37.7. The molecule has 0 aromatic carbocycles. The minimum absolute atomic E-state index is 1.46. The molecule has 0 spiro atoms. The van der Waals surface area contributed by atoms with Gasteiger partial charge in [-0.15, -0.1) is 0 Å². The molecular formula is B83. The number of hydrogen-bond donors (Lipinski definition) is 0. The zero-order valence-electron chi connectivity index (χ0n) is 47.9. The van der Waals surface area contributed by atoms with Crippen LogP contribution in [0.25, 0.3) is 0 Å². The first-order valence-corrected chi connectivity index (χ1v) is 27.3. The Balaban J connectivity index is 12.3. The summed E-state index contributed by atoms with van der Waals surface area (Å²) in [6.45, 7) is 0. The maximum absolute atomic E-state index is 7.02. The van der Waals surface area contributed by atoms with Gasteiger partial charge >= 0.3 is 0 Å². The van der Waals surface area contributed by atoms with Gasteiger partial charge in [-0.2, -0.15) is 0 Å². The van der Waals surface area contributed by atoms with Crippen LogP contribution in [0.4, 0.5) is 0 Å². The van der Waals surface area contributed by atoms with Gasteiger partial charge in [0.15, 0.2) is 0 Å². The van der Waals surface area contributed by atoms with Gasteiger partial charge in [-0.25, -0.2) is 0 Å². The van der Waals surface area contributed by atoms with Gasteiger partial charge in [0, 0.05) is 587 Å². The van der Waals surface area contributed by atoms with Crippen LogP contribution >= 0.6 is 0 Å². The fourth-order valence-corrected chi connectivity index (χ4v) is 14.4. The van der Waals surface area contributed by atoms with E-state index in [1.807, 2.05) is 0 Å². The third-order valence-electron chi connectivity index (χ3n) is 17.3. The fraction of sp³-hybridized carbons (Fsp3) is 0. The van der Waals surface area contributed by atoms with Crippen molar-refractivity contribution in [2.24, 2.45) is 0 Å². The monoisotopic (exact) mass is 914 g/mol. The van der Waals surface area contributed by atoms with Crippen molar-refractivity contribution in [2.45, 2.75) is 0 Å². The second-order valence-electron chi connectivity index (χ2n) is 23.3. The first-order valence-electron chi connectivity index (χ1n) is 27.3. The second kappa shape index (κ2) is 40.8. The van der Waals surface area contributed by atoms with E-state index in [1.165, 1.54) is 7.06 Å². The summed E-state index contributed by atoms with van der Waals surface area (Å²) in [6.07, 6.45) is -64.3. The van der Waals surface area contributed by atoms with Crippen LogP contribution in [0, 0.1) is 0 Å². The van der Waals surface area contributed by atoms with Crippen molar-refractivity contribution < 1.29 is 0 Å². The van der Waals surface area contributed by atoms with Crippen molar-refractivity contribution in [3.05, 3.63) is 0 Å². The highest BCUT2D eigenvalue weighted by Crippen LogP contribution is 2.25. The number of rotatable bonds is 40. The summed E-state index contributed by atoms with van der Waals surface area (Å²) < 4.78 is 0. The molecule has 0 aliphatic heterocycles. The molecule has 83 heteroatoms. The predicted molar refractivity (Wildman–Crippen MR) is 478 cm³/mol. The van der Waals surface area contributed by atoms with Crippen LogP contribution in [0.2, 0.25) is 0 Å². The topological polar surface area (TPSA) is 0 Å². The van der Waals surface area contributed by atoms with Crippen molar-refractivity contribution >= 4 is 587 Å². The summed E-state index contributed by atoms with van der Waals surface area (Å²) in [7, 11) is 288. The van der Waals surface area contributed by atoms with Gasteiger partial charge in [-0.05, 0) is 0 Å². The van der Waals surface area contributed by atoms with Crippen LogP contribution in [0.3, 0.4) is 0 Å². The number of hydrogen-bond acceptors (Lipinski definition) is 0. The third-order valence-corrected chi connectivity index (χ3v) is 17.3. The van der Waals surface area contributed by atoms with Gasteiger partial charge in [0.1, 0.15) is 0 Å². The van der Waals surface area contributed by atoms with Crippen molar-refractivity contribution in [1.82, 2.24) is 0 Å². The Bertz CT molecular complexity index is 1380. The standard InChI is InChI=1S/B83/c1-44(2)67(45(3)4)77(64(41)42)80(72(54(21)22)55(23)24)66(81(82(73(56(25)26)57(27)28)74(58(29)30)59(31)32)83(75(60(33)34)61(35)36)76(62(37)38)63(39)40)43-65(78(68(46(5)6)47(7)8)69(48(9)10)49(11)12)79(70(50(13)14)51(15)16)71(52(17)18)53(19)20. The molecule has 0 aliphatic carbocycles. The Kier molecular flexibility index (Phi) is 43.5. The third kappa shape index (κ3) is 24.5. The Morgan fingerprint density at radius 2 is 0.181 bits per heavy atom. The average Bonchev–Trinajstić information content (AvgIpc) is 3.25. The van der Waals surface area contributed by atoms with E-state index >= 15 is 0 Å². The Morgan fingerprint density at radius 3 is 0.301 bits per heavy atom. The molecule has 0 nitrogen and oxygen atoms in total. The molecule has 0 unspecified atom stereocenters. The van der Waals surface area contributed by atoms with Crippen molar-refractivity contribution in [3.8, 4) is 0 Å². The van der Waals surface area contributed by atoms with Crippen molar-refractivity contribution in [3.63, 3.8) is 0 Å². The van der Waals surface area contributed by atoms with E-state index < -0.39 is 255 Å². The summed E-state index contributed by atoms with van der Waals surface area (Å²) in [6, 6.07) is 0. The molecule has 0 saturated heterocycles. The molecule has 85 radical (unpaired) electrons. The van der Waals surface area contributed by atoms with Gasteiger partial charge in [-0.3, -0.25) is 0 Å². The summed E-state index contributed by atoms with van der Waals surface area (Å²) in [5.41, 5.74) is 0. The molecular weight excluding hydrogens is 897 g/mol. The zero-order valence-corrected chi connectivity index (χ0v) is 47.9. The predicted octanol–water partition coefficient (Wildman–Crippen LogP) is -31.6. The minimum atomic E-state index is -1.83. The minimum Gasteiger partial charge on any atom is 0 e. The highest BCUT2D eigenvalue weighted by Gasteiger charge is 2.63. The van der Waals surface area contributed by atoms with E-state index in [9.17, 15) is 0 Å². The smallest absolute Gasteiger partial charge is 0 e. The molecule has 0 rings (SSSR count). The maximum Gasteiger partial charge on any atom is 0 e. The first kappa shape index (κ1) is 88.4. The van der Waals surface area contributed by atoms with Crippen molar-refractivity contribution in [1.29, 1.82) is 0 Å². The van der Waals surface area contributed by atoms with Crippen molar-refractivity contribution in [2.75, 3.05) is 0 Å². The second-order valence-corrected chi connectivity index (χ2v) is 23.3. The van der Waals surface area contributed by atoms with E-state index in [0.29, 0.717) is 0 Å². The largest absolute Gasteiger partial charge is 0 e. The van der Waals surface area contributed by atoms with E-state index in [0.717, 1.165) is 0 Å². The van der Waals surface area contributed by atoms with Gasteiger partial charge < -0.3 is 0 Å². The van der Waals surface area contributed by atoms with E-state index in [-0.39, 0.29) is 0 Å². The molecule has 0 aromatic rings. The molecule has 0 amide bonds. The molecule has 249 valence electrons. The van der Waals surface area contributed by atoms with Crippen LogP contribution in [0.15, 0.2) is 0 Å². The van der Waals surface area contributed by atoms with Gasteiger partial charge in [0.25, 0.3) is 0 Å². The quantitative estimate of drug-likeness (QED) is 0.0538. The molecule has 0 heterocycles. The van der Waals surface area contributed by atoms with Crippen LogP contribution in [-0.4, -0.2) is 587 Å². The Labute approximate surface area is 581 Å². The summed E-state index contributed by atoms with van der Waals surface area (Å²) in [5.74, 6) is 0. The normalized spacial score (nSPS) is 9.78. The van der Waals surface area contributed by atoms with Gasteiger partial charge in [-0.1, -0.05) is 0 Å². The van der Waals surface area contributed by atoms with Gasteiger partial charge in [0.05, 0.1) is 0 Å². The Morgan fingerprint density at radius 1 is 0.0964 bits per heavy atom. The van der Waals surface area contributed by atoms with E-state index in [4.69, 9.17) is 325 Å². The van der Waals surface area contributed by atoms with Crippen LogP contribution in [-0.2, 0) is 0 Å². The summed E-state index contributed by atoms with van der Waals surface area (Å²) in [5, 5.41) is 0. The molecule has 0 bridgehead atoms. The SMILES string of the molecule is [B]B([B])B(B([B])[B])B(B([B])[B])B(B([B]B(B(B(B([B])[B])B([B])[B])B(B([B])[B])B([B])[B])B(B(B([B])[B])B([B])[B])B(B([B])[B])B([B])[B])B(B(B(B([B])[B])B([B])[B])B(B([B])[B])B([B])[B])B(B(B([B])[B])B([B])[B])B(B([B])[B])B([B])[B])B(B([B])[B])B([B])[B]. The summed E-state index contributed by atoms with van der Waals surface area (Å²) >= 11 is 0. The zero-order chi connectivity index (χ0) is 65.8. The van der Waals surface area contributed by atoms with Crippen LogP contribution < -0.4 is 0 Å². The van der Waals surface area contributed by atoms with E-state index in [1.54, 1.807) is 0 Å². The highest BCUT2D eigenvalue weighted by molar-refractivity contribution is 8.38. The van der Waals surface area contributed by atoms with Crippen LogP contribution in [0.1, 0.15) is 0 Å². The maximum atomic E-state index is 7.02. The fourth-order valence-electron chi connectivity index (χ4n) is 14.4. The average molecular weight is 897 g/mol. The molecule has 0 fully saturated rings. The lowest BCUT2D eigenvalue weighted by Gasteiger charge is -2.58. The van der Waals surface area contributed by atoms with E-state index in [2.05, 4.69) is 0 Å². The highest BCUT2D eigenvalue weighted by atomic mass is 13.4.